The van der Waals surface area contributed by atoms with Crippen molar-refractivity contribution in [2.45, 2.75) is 25.0 Å². The Morgan fingerprint density at radius 2 is 2.06 bits per heavy atom. The first kappa shape index (κ1) is 11.2. The molecule has 4 heteroatoms. The van der Waals surface area contributed by atoms with Crippen LogP contribution < -0.4 is 10.1 Å². The largest absolute Gasteiger partial charge is 0.494 e. The molecule has 88 valence electrons. The maximum atomic E-state index is 13.1. The molecule has 0 saturated heterocycles. The summed E-state index contributed by atoms with van der Waals surface area (Å²) < 4.78 is 23.3. The molecule has 1 N–H and O–H groups in total. The highest BCUT2D eigenvalue weighted by atomic mass is 19.1. The number of hydrogen-bond acceptors (Lipinski definition) is 3. The Labute approximate surface area is 94.6 Å². The molecule has 0 heterocycles. The van der Waals surface area contributed by atoms with E-state index in [-0.39, 0.29) is 11.6 Å². The maximum absolute atomic E-state index is 13.1. The summed E-state index contributed by atoms with van der Waals surface area (Å²) in [5.74, 6) is -0.0657. The fourth-order valence-corrected chi connectivity index (χ4v) is 1.86. The number of nitrogens with one attached hydrogen (secondary N) is 1. The van der Waals surface area contributed by atoms with Gasteiger partial charge in [-0.3, -0.25) is 0 Å². The number of anilines is 1. The standard InChI is InChI=1S/C12H16FNO2/c1-15-10-5-9(6-10)14-8-3-4-11(13)12(7-8)16-2/h3-4,7,9-10,14H,5-6H2,1-2H3. The Morgan fingerprint density at radius 3 is 2.69 bits per heavy atom. The molecule has 0 aliphatic heterocycles. The summed E-state index contributed by atoms with van der Waals surface area (Å²) in [6, 6.07) is 5.22. The van der Waals surface area contributed by atoms with E-state index < -0.39 is 0 Å². The highest BCUT2D eigenvalue weighted by molar-refractivity contribution is 5.49. The van der Waals surface area contributed by atoms with Crippen LogP contribution in [0.5, 0.6) is 5.75 Å². The molecule has 0 atom stereocenters. The first-order chi connectivity index (χ1) is 7.72. The van der Waals surface area contributed by atoms with Gasteiger partial charge in [0.15, 0.2) is 11.6 Å². The van der Waals surface area contributed by atoms with Crippen molar-refractivity contribution in [2.24, 2.45) is 0 Å². The van der Waals surface area contributed by atoms with Crippen LogP contribution in [0.3, 0.4) is 0 Å². The summed E-state index contributed by atoms with van der Waals surface area (Å²) in [5, 5.41) is 3.32. The Balaban J connectivity index is 1.95. The highest BCUT2D eigenvalue weighted by Gasteiger charge is 2.28. The van der Waals surface area contributed by atoms with E-state index in [1.165, 1.54) is 13.2 Å². The molecular weight excluding hydrogens is 209 g/mol. The van der Waals surface area contributed by atoms with Gasteiger partial charge in [-0.25, -0.2) is 4.39 Å². The van der Waals surface area contributed by atoms with Crippen molar-refractivity contribution >= 4 is 5.69 Å². The molecule has 0 radical (unpaired) electrons. The van der Waals surface area contributed by atoms with Gasteiger partial charge < -0.3 is 14.8 Å². The lowest BCUT2D eigenvalue weighted by atomic mass is 9.89. The second-order valence-electron chi connectivity index (χ2n) is 4.02. The van der Waals surface area contributed by atoms with Gasteiger partial charge in [0.2, 0.25) is 0 Å². The average molecular weight is 225 g/mol. The van der Waals surface area contributed by atoms with Crippen LogP contribution >= 0.6 is 0 Å². The summed E-state index contributed by atoms with van der Waals surface area (Å²) >= 11 is 0. The molecule has 0 spiro atoms. The Morgan fingerprint density at radius 1 is 1.31 bits per heavy atom. The Kier molecular flexibility index (Phi) is 3.29. The molecular formula is C12H16FNO2. The first-order valence-corrected chi connectivity index (χ1v) is 5.36. The maximum Gasteiger partial charge on any atom is 0.165 e. The van der Waals surface area contributed by atoms with Gasteiger partial charge in [0.05, 0.1) is 13.2 Å². The van der Waals surface area contributed by atoms with Crippen molar-refractivity contribution in [3.63, 3.8) is 0 Å². The minimum absolute atomic E-state index is 0.271. The van der Waals surface area contributed by atoms with Crippen LogP contribution in [0.2, 0.25) is 0 Å². The minimum Gasteiger partial charge on any atom is -0.494 e. The number of methoxy groups -OCH3 is 2. The molecule has 0 amide bonds. The lowest BCUT2D eigenvalue weighted by molar-refractivity contribution is 0.0328. The van der Waals surface area contributed by atoms with Gasteiger partial charge in [-0.1, -0.05) is 0 Å². The van der Waals surface area contributed by atoms with Crippen molar-refractivity contribution in [1.82, 2.24) is 0 Å². The monoisotopic (exact) mass is 225 g/mol. The van der Waals surface area contributed by atoms with Gasteiger partial charge in [0, 0.05) is 24.9 Å². The number of halogens is 1. The Hall–Kier alpha value is -1.29. The second kappa shape index (κ2) is 4.70. The Bertz CT molecular complexity index is 364. The van der Waals surface area contributed by atoms with Gasteiger partial charge in [0.25, 0.3) is 0 Å². The lowest BCUT2D eigenvalue weighted by Gasteiger charge is -2.35. The van der Waals surface area contributed by atoms with Crippen LogP contribution in [0.1, 0.15) is 12.8 Å². The van der Waals surface area contributed by atoms with E-state index in [0.717, 1.165) is 18.5 Å². The summed E-state index contributed by atoms with van der Waals surface area (Å²) in [5.41, 5.74) is 0.887. The number of hydrogen-bond donors (Lipinski definition) is 1. The van der Waals surface area contributed by atoms with Crippen LogP contribution in [-0.4, -0.2) is 26.4 Å². The number of benzene rings is 1. The van der Waals surface area contributed by atoms with Gasteiger partial charge in [0.1, 0.15) is 0 Å². The van der Waals surface area contributed by atoms with E-state index in [9.17, 15) is 4.39 Å². The predicted molar refractivity (Wildman–Crippen MR) is 60.4 cm³/mol. The van der Waals surface area contributed by atoms with Gasteiger partial charge in [-0.2, -0.15) is 0 Å². The van der Waals surface area contributed by atoms with E-state index in [1.807, 2.05) is 0 Å². The second-order valence-corrected chi connectivity index (χ2v) is 4.02. The van der Waals surface area contributed by atoms with Crippen molar-refractivity contribution in [3.05, 3.63) is 24.0 Å². The van der Waals surface area contributed by atoms with Crippen molar-refractivity contribution in [2.75, 3.05) is 19.5 Å². The molecule has 1 aliphatic rings. The van der Waals surface area contributed by atoms with E-state index in [0.29, 0.717) is 12.1 Å². The molecule has 0 unspecified atom stereocenters. The van der Waals surface area contributed by atoms with E-state index in [2.05, 4.69) is 5.32 Å². The molecule has 16 heavy (non-hydrogen) atoms. The number of ether oxygens (including phenoxy) is 2. The zero-order valence-electron chi connectivity index (χ0n) is 9.50. The normalized spacial score (nSPS) is 23.7. The fourth-order valence-electron chi connectivity index (χ4n) is 1.86. The van der Waals surface area contributed by atoms with E-state index >= 15 is 0 Å². The summed E-state index contributed by atoms with van der Waals surface area (Å²) in [7, 11) is 3.19. The van der Waals surface area contributed by atoms with Crippen LogP contribution in [0, 0.1) is 5.82 Å². The molecule has 3 nitrogen and oxygen atoms in total. The molecule has 0 aromatic heterocycles. The third-order valence-corrected chi connectivity index (χ3v) is 2.95. The van der Waals surface area contributed by atoms with Crippen LogP contribution in [0.15, 0.2) is 18.2 Å². The molecule has 1 aromatic carbocycles. The minimum atomic E-state index is -0.337. The zero-order valence-corrected chi connectivity index (χ0v) is 9.50. The summed E-state index contributed by atoms with van der Waals surface area (Å²) in [6.07, 6.45) is 2.35. The van der Waals surface area contributed by atoms with E-state index in [4.69, 9.17) is 9.47 Å². The van der Waals surface area contributed by atoms with Gasteiger partial charge in [-0.15, -0.1) is 0 Å². The molecule has 1 aliphatic carbocycles. The molecule has 1 saturated carbocycles. The quantitative estimate of drug-likeness (QED) is 0.853. The van der Waals surface area contributed by atoms with Crippen molar-refractivity contribution in [1.29, 1.82) is 0 Å². The van der Waals surface area contributed by atoms with Gasteiger partial charge >= 0.3 is 0 Å². The van der Waals surface area contributed by atoms with Crippen molar-refractivity contribution < 1.29 is 13.9 Å². The van der Waals surface area contributed by atoms with Gasteiger partial charge in [-0.05, 0) is 25.0 Å². The van der Waals surface area contributed by atoms with Crippen molar-refractivity contribution in [3.8, 4) is 5.75 Å². The van der Waals surface area contributed by atoms with Crippen LogP contribution in [0.4, 0.5) is 10.1 Å². The first-order valence-electron chi connectivity index (χ1n) is 5.36. The summed E-state index contributed by atoms with van der Waals surface area (Å²) in [6.45, 7) is 0. The summed E-state index contributed by atoms with van der Waals surface area (Å²) in [4.78, 5) is 0. The predicted octanol–water partition coefficient (Wildman–Crippen LogP) is 2.42. The van der Waals surface area contributed by atoms with Crippen LogP contribution in [-0.2, 0) is 4.74 Å². The molecule has 1 fully saturated rings. The lowest BCUT2D eigenvalue weighted by Crippen LogP contribution is -2.40. The third-order valence-electron chi connectivity index (χ3n) is 2.95. The highest BCUT2D eigenvalue weighted by Crippen LogP contribution is 2.28. The third kappa shape index (κ3) is 2.27. The topological polar surface area (TPSA) is 30.5 Å². The zero-order chi connectivity index (χ0) is 11.5. The fraction of sp³-hybridized carbons (Fsp3) is 0.500. The SMILES string of the molecule is COc1cc(NC2CC(OC)C2)ccc1F. The number of rotatable bonds is 4. The molecule has 1 aromatic rings. The smallest absolute Gasteiger partial charge is 0.165 e. The van der Waals surface area contributed by atoms with E-state index in [1.54, 1.807) is 19.2 Å². The van der Waals surface area contributed by atoms with Crippen LogP contribution in [0.25, 0.3) is 0 Å². The molecule has 0 bridgehead atoms. The average Bonchev–Trinajstić information content (AvgIpc) is 2.25. The molecule has 2 rings (SSSR count).